The molecule has 6 nitrogen and oxygen atoms in total. The fourth-order valence-corrected chi connectivity index (χ4v) is 5.51. The summed E-state index contributed by atoms with van der Waals surface area (Å²) in [7, 11) is 0. The Morgan fingerprint density at radius 1 is 1.03 bits per heavy atom. The summed E-state index contributed by atoms with van der Waals surface area (Å²) < 4.78 is 0. The lowest BCUT2D eigenvalue weighted by atomic mass is 9.93. The van der Waals surface area contributed by atoms with Crippen LogP contribution in [0.3, 0.4) is 0 Å². The van der Waals surface area contributed by atoms with E-state index in [0.717, 1.165) is 39.9 Å². The summed E-state index contributed by atoms with van der Waals surface area (Å²) in [4.78, 5) is 15.3. The van der Waals surface area contributed by atoms with E-state index in [2.05, 4.69) is 59.8 Å². The number of aromatic nitrogens is 3. The molecular weight excluding hydrogens is 442 g/mol. The van der Waals surface area contributed by atoms with Gasteiger partial charge >= 0.3 is 0 Å². The lowest BCUT2D eigenvalue weighted by Crippen LogP contribution is -2.39. The van der Waals surface area contributed by atoms with E-state index in [1.54, 1.807) is 6.20 Å². The van der Waals surface area contributed by atoms with Gasteiger partial charge in [0.05, 0.1) is 22.3 Å². The van der Waals surface area contributed by atoms with Gasteiger partial charge in [0.1, 0.15) is 10.6 Å². The highest BCUT2D eigenvalue weighted by atomic mass is 32.1. The van der Waals surface area contributed by atoms with Crippen LogP contribution < -0.4 is 10.6 Å². The number of nitrogens with one attached hydrogen (secondary N) is 2. The van der Waals surface area contributed by atoms with E-state index < -0.39 is 5.60 Å². The van der Waals surface area contributed by atoms with Gasteiger partial charge in [-0.2, -0.15) is 0 Å². The first-order chi connectivity index (χ1) is 16.5. The molecular formula is C27H29N5OS. The summed E-state index contributed by atoms with van der Waals surface area (Å²) in [5.74, 6) is 0.569. The van der Waals surface area contributed by atoms with Crippen LogP contribution in [0.4, 0.5) is 5.95 Å². The average molecular weight is 472 g/mol. The number of nitrogens with zero attached hydrogens (tertiary/aromatic N) is 3. The van der Waals surface area contributed by atoms with Crippen LogP contribution in [-0.2, 0) is 5.60 Å². The van der Waals surface area contributed by atoms with Crippen molar-refractivity contribution in [3.8, 4) is 21.8 Å². The molecule has 0 amide bonds. The third-order valence-electron chi connectivity index (χ3n) is 6.28. The highest BCUT2D eigenvalue weighted by Crippen LogP contribution is 2.42. The van der Waals surface area contributed by atoms with Crippen molar-refractivity contribution in [2.24, 2.45) is 0 Å². The lowest BCUT2D eigenvalue weighted by Gasteiger charge is -2.30. The van der Waals surface area contributed by atoms with E-state index in [1.165, 1.54) is 22.5 Å². The fraction of sp³-hybridized carbons (Fsp3) is 0.296. The number of aliphatic hydroxyl groups is 1. The van der Waals surface area contributed by atoms with Gasteiger partial charge in [-0.3, -0.25) is 0 Å². The van der Waals surface area contributed by atoms with Crippen molar-refractivity contribution < 1.29 is 5.11 Å². The molecule has 3 heterocycles. The summed E-state index contributed by atoms with van der Waals surface area (Å²) in [5.41, 5.74) is 4.11. The minimum absolute atomic E-state index is 0.0696. The van der Waals surface area contributed by atoms with E-state index in [1.807, 2.05) is 30.3 Å². The Balaban J connectivity index is 1.54. The lowest BCUT2D eigenvalue weighted by molar-refractivity contribution is 0.00582. The Kier molecular flexibility index (Phi) is 6.41. The predicted octanol–water partition coefficient (Wildman–Crippen LogP) is 5.32. The first-order valence-corrected chi connectivity index (χ1v) is 12.5. The quantitative estimate of drug-likeness (QED) is 0.353. The molecule has 4 aromatic rings. The summed E-state index contributed by atoms with van der Waals surface area (Å²) >= 11 is 1.54. The second-order valence-electron chi connectivity index (χ2n) is 8.89. The van der Waals surface area contributed by atoms with Gasteiger partial charge < -0.3 is 15.7 Å². The molecule has 34 heavy (non-hydrogen) atoms. The van der Waals surface area contributed by atoms with Crippen molar-refractivity contribution in [3.63, 3.8) is 0 Å². The Morgan fingerprint density at radius 2 is 1.82 bits per heavy atom. The number of anilines is 1. The largest absolute Gasteiger partial charge is 0.383 e. The molecule has 1 atom stereocenters. The zero-order valence-electron chi connectivity index (χ0n) is 19.5. The van der Waals surface area contributed by atoms with E-state index in [9.17, 15) is 5.11 Å². The van der Waals surface area contributed by atoms with Crippen LogP contribution >= 0.6 is 11.3 Å². The Labute approximate surface area is 204 Å². The highest BCUT2D eigenvalue weighted by Gasteiger charge is 2.35. The smallest absolute Gasteiger partial charge is 0.223 e. The van der Waals surface area contributed by atoms with Gasteiger partial charge in [0.2, 0.25) is 5.95 Å². The Bertz CT molecular complexity index is 1270. The minimum Gasteiger partial charge on any atom is -0.383 e. The third-order valence-corrected chi connectivity index (χ3v) is 7.55. The molecule has 7 heteroatoms. The molecule has 0 bridgehead atoms. The summed E-state index contributed by atoms with van der Waals surface area (Å²) in [5, 5.41) is 18.9. The summed E-state index contributed by atoms with van der Waals surface area (Å²) in [6.07, 6.45) is 3.08. The molecule has 0 aliphatic carbocycles. The van der Waals surface area contributed by atoms with Crippen LogP contribution in [0.15, 0.2) is 66.9 Å². The SMILES string of the molecule is Cc1cccc(-c2nc(C3(O)CCNCC3)sc2-c2ccnc(N[C@@H](C)c3ccccc3)n2)c1. The second-order valence-corrected chi connectivity index (χ2v) is 9.89. The number of hydrogen-bond acceptors (Lipinski definition) is 7. The predicted molar refractivity (Wildman–Crippen MR) is 138 cm³/mol. The highest BCUT2D eigenvalue weighted by molar-refractivity contribution is 7.15. The van der Waals surface area contributed by atoms with E-state index in [-0.39, 0.29) is 6.04 Å². The summed E-state index contributed by atoms with van der Waals surface area (Å²) in [6, 6.07) is 20.6. The van der Waals surface area contributed by atoms with Gasteiger partial charge in [-0.05, 0) is 57.5 Å². The van der Waals surface area contributed by atoms with E-state index >= 15 is 0 Å². The number of benzene rings is 2. The minimum atomic E-state index is -0.914. The van der Waals surface area contributed by atoms with Crippen molar-refractivity contribution in [2.75, 3.05) is 18.4 Å². The first kappa shape index (κ1) is 22.7. The number of piperidine rings is 1. The van der Waals surface area contributed by atoms with E-state index in [0.29, 0.717) is 18.8 Å². The fourth-order valence-electron chi connectivity index (χ4n) is 4.31. The average Bonchev–Trinajstić information content (AvgIpc) is 3.32. The van der Waals surface area contributed by atoms with Crippen LogP contribution in [0.1, 0.15) is 41.9 Å². The Hall–Kier alpha value is -3.13. The van der Waals surface area contributed by atoms with Crippen LogP contribution in [-0.4, -0.2) is 33.1 Å². The molecule has 1 fully saturated rings. The van der Waals surface area contributed by atoms with E-state index in [4.69, 9.17) is 9.97 Å². The van der Waals surface area contributed by atoms with Gasteiger partial charge in [-0.1, -0.05) is 54.1 Å². The zero-order valence-corrected chi connectivity index (χ0v) is 20.3. The molecule has 2 aromatic carbocycles. The number of hydrogen-bond donors (Lipinski definition) is 3. The van der Waals surface area contributed by atoms with Crippen molar-refractivity contribution in [2.45, 2.75) is 38.3 Å². The molecule has 1 saturated heterocycles. The number of thiazole rings is 1. The first-order valence-electron chi connectivity index (χ1n) is 11.7. The maximum atomic E-state index is 11.4. The Morgan fingerprint density at radius 3 is 2.59 bits per heavy atom. The number of rotatable bonds is 6. The zero-order chi connectivity index (χ0) is 23.5. The molecule has 0 unspecified atom stereocenters. The molecule has 0 radical (unpaired) electrons. The van der Waals surface area contributed by atoms with Crippen molar-refractivity contribution in [3.05, 3.63) is 83.0 Å². The molecule has 0 saturated carbocycles. The van der Waals surface area contributed by atoms with Crippen molar-refractivity contribution in [1.82, 2.24) is 20.3 Å². The van der Waals surface area contributed by atoms with Crippen LogP contribution in [0.2, 0.25) is 0 Å². The van der Waals surface area contributed by atoms with Crippen molar-refractivity contribution in [1.29, 1.82) is 0 Å². The van der Waals surface area contributed by atoms with Gasteiger partial charge in [0, 0.05) is 11.8 Å². The maximum absolute atomic E-state index is 11.4. The molecule has 2 aromatic heterocycles. The van der Waals surface area contributed by atoms with Gasteiger partial charge in [-0.15, -0.1) is 11.3 Å². The molecule has 5 rings (SSSR count). The number of aryl methyl sites for hydroxylation is 1. The topological polar surface area (TPSA) is 83.0 Å². The molecule has 1 aliphatic rings. The standard InChI is InChI=1S/C27H29N5OS/c1-18-7-6-10-21(17-18)23-24(34-25(32-23)27(33)12-15-28-16-13-27)22-11-14-29-26(31-22)30-19(2)20-8-4-3-5-9-20/h3-11,14,17,19,28,33H,12-13,15-16H2,1-2H3,(H,29,30,31)/t19-/m0/s1. The van der Waals surface area contributed by atoms with Gasteiger partial charge in [-0.25, -0.2) is 15.0 Å². The normalized spacial score (nSPS) is 16.2. The molecule has 174 valence electrons. The van der Waals surface area contributed by atoms with Crippen molar-refractivity contribution >= 4 is 17.3 Å². The summed E-state index contributed by atoms with van der Waals surface area (Å²) in [6.45, 7) is 5.74. The third kappa shape index (κ3) is 4.73. The van der Waals surface area contributed by atoms with Crippen LogP contribution in [0.5, 0.6) is 0 Å². The molecule has 0 spiro atoms. The molecule has 1 aliphatic heterocycles. The van der Waals surface area contributed by atoms with Gasteiger partial charge in [0.15, 0.2) is 0 Å². The monoisotopic (exact) mass is 471 g/mol. The second kappa shape index (κ2) is 9.62. The van der Waals surface area contributed by atoms with Crippen LogP contribution in [0.25, 0.3) is 21.8 Å². The maximum Gasteiger partial charge on any atom is 0.223 e. The van der Waals surface area contributed by atoms with Crippen LogP contribution in [0, 0.1) is 6.92 Å². The van der Waals surface area contributed by atoms with Gasteiger partial charge in [0.25, 0.3) is 0 Å². The molecule has 3 N–H and O–H groups in total.